The van der Waals surface area contributed by atoms with E-state index in [2.05, 4.69) is 5.32 Å². The molecule has 1 rings (SSSR count). The maximum absolute atomic E-state index is 11.1. The number of anilines is 1. The number of benzene rings is 1. The first kappa shape index (κ1) is 12.7. The van der Waals surface area contributed by atoms with E-state index in [1.165, 1.54) is 0 Å². The van der Waals surface area contributed by atoms with E-state index in [0.717, 1.165) is 5.69 Å². The van der Waals surface area contributed by atoms with E-state index in [1.54, 1.807) is 24.3 Å². The zero-order valence-electron chi connectivity index (χ0n) is 9.10. The summed E-state index contributed by atoms with van der Waals surface area (Å²) in [6, 6.07) is 6.50. The summed E-state index contributed by atoms with van der Waals surface area (Å²) in [6.45, 7) is 2.52. The van der Waals surface area contributed by atoms with E-state index in [9.17, 15) is 9.00 Å². The summed E-state index contributed by atoms with van der Waals surface area (Å²) in [5, 5.41) is 11.8. The summed E-state index contributed by atoms with van der Waals surface area (Å²) < 4.78 is 11.1. The van der Waals surface area contributed by atoms with E-state index in [0.29, 0.717) is 18.1 Å². The van der Waals surface area contributed by atoms with E-state index >= 15 is 0 Å². The highest BCUT2D eigenvalue weighted by Crippen LogP contribution is 2.08. The standard InChI is InChI=1S/C11H15NO3S/c1-2-16(15)8-7-12-10-5-3-9(4-6-10)11(13)14/h3-6,12H,2,7-8H2,1H3,(H,13,14). The molecule has 1 aromatic rings. The zero-order chi connectivity index (χ0) is 12.0. The summed E-state index contributed by atoms with van der Waals surface area (Å²) in [7, 11) is -0.769. The Bertz CT molecular complexity index is 375. The van der Waals surface area contributed by atoms with Gasteiger partial charge < -0.3 is 10.4 Å². The van der Waals surface area contributed by atoms with Crippen LogP contribution in [0.1, 0.15) is 17.3 Å². The maximum atomic E-state index is 11.1. The number of aromatic carboxylic acids is 1. The smallest absolute Gasteiger partial charge is 0.335 e. The van der Waals surface area contributed by atoms with Crippen LogP contribution in [0.3, 0.4) is 0 Å². The average Bonchev–Trinajstić information content (AvgIpc) is 2.29. The molecule has 0 aliphatic rings. The van der Waals surface area contributed by atoms with E-state index in [4.69, 9.17) is 5.11 Å². The first-order valence-electron chi connectivity index (χ1n) is 5.05. The van der Waals surface area contributed by atoms with Crippen molar-refractivity contribution in [1.82, 2.24) is 0 Å². The van der Waals surface area contributed by atoms with Crippen molar-refractivity contribution in [1.29, 1.82) is 0 Å². The predicted octanol–water partition coefficient (Wildman–Crippen LogP) is 1.57. The van der Waals surface area contributed by atoms with Crippen LogP contribution in [-0.2, 0) is 10.8 Å². The lowest BCUT2D eigenvalue weighted by Crippen LogP contribution is -2.12. The summed E-state index contributed by atoms with van der Waals surface area (Å²) in [4.78, 5) is 10.6. The fourth-order valence-electron chi connectivity index (χ4n) is 1.18. The van der Waals surface area contributed by atoms with Gasteiger partial charge >= 0.3 is 5.97 Å². The van der Waals surface area contributed by atoms with Gasteiger partial charge in [0.2, 0.25) is 0 Å². The first-order chi connectivity index (χ1) is 7.63. The van der Waals surface area contributed by atoms with Crippen molar-refractivity contribution in [3.05, 3.63) is 29.8 Å². The molecule has 2 N–H and O–H groups in total. The second-order valence-corrected chi connectivity index (χ2v) is 5.11. The van der Waals surface area contributed by atoms with Crippen LogP contribution in [-0.4, -0.2) is 33.3 Å². The van der Waals surface area contributed by atoms with E-state index < -0.39 is 16.8 Å². The molecule has 0 saturated carbocycles. The van der Waals surface area contributed by atoms with Crippen LogP contribution in [0.25, 0.3) is 0 Å². The molecule has 1 aromatic carbocycles. The summed E-state index contributed by atoms with van der Waals surface area (Å²) >= 11 is 0. The number of carboxylic acids is 1. The van der Waals surface area contributed by atoms with Gasteiger partial charge in [-0.2, -0.15) is 0 Å². The van der Waals surface area contributed by atoms with E-state index in [1.807, 2.05) is 6.92 Å². The third kappa shape index (κ3) is 4.02. The topological polar surface area (TPSA) is 66.4 Å². The molecule has 1 atom stereocenters. The molecule has 0 aliphatic carbocycles. The Morgan fingerprint density at radius 1 is 1.38 bits per heavy atom. The highest BCUT2D eigenvalue weighted by atomic mass is 32.2. The normalized spacial score (nSPS) is 12.1. The minimum Gasteiger partial charge on any atom is -0.478 e. The molecule has 5 heteroatoms. The Morgan fingerprint density at radius 2 is 2.00 bits per heavy atom. The Balaban J connectivity index is 2.43. The molecule has 0 spiro atoms. The molecule has 0 aliphatic heterocycles. The Morgan fingerprint density at radius 3 is 2.50 bits per heavy atom. The number of hydrogen-bond donors (Lipinski definition) is 2. The molecule has 0 aromatic heterocycles. The highest BCUT2D eigenvalue weighted by molar-refractivity contribution is 7.84. The largest absolute Gasteiger partial charge is 0.478 e. The van der Waals surface area contributed by atoms with Crippen molar-refractivity contribution >= 4 is 22.5 Å². The van der Waals surface area contributed by atoms with Crippen LogP contribution in [0.2, 0.25) is 0 Å². The quantitative estimate of drug-likeness (QED) is 0.793. The second-order valence-electron chi connectivity index (χ2n) is 3.24. The minimum atomic E-state index is -0.932. The lowest BCUT2D eigenvalue weighted by atomic mass is 10.2. The van der Waals surface area contributed by atoms with Crippen LogP contribution >= 0.6 is 0 Å². The van der Waals surface area contributed by atoms with Crippen molar-refractivity contribution < 1.29 is 14.1 Å². The van der Waals surface area contributed by atoms with Crippen molar-refractivity contribution in [3.8, 4) is 0 Å². The second kappa shape index (κ2) is 6.27. The van der Waals surface area contributed by atoms with Crippen molar-refractivity contribution in [2.75, 3.05) is 23.4 Å². The van der Waals surface area contributed by atoms with Crippen molar-refractivity contribution in [2.45, 2.75) is 6.92 Å². The molecule has 0 saturated heterocycles. The first-order valence-corrected chi connectivity index (χ1v) is 6.54. The third-order valence-corrected chi connectivity index (χ3v) is 3.42. The molecular formula is C11H15NO3S. The predicted molar refractivity (Wildman–Crippen MR) is 65.4 cm³/mol. The monoisotopic (exact) mass is 241 g/mol. The number of rotatable bonds is 6. The zero-order valence-corrected chi connectivity index (χ0v) is 9.92. The highest BCUT2D eigenvalue weighted by Gasteiger charge is 2.01. The summed E-state index contributed by atoms with van der Waals surface area (Å²) in [6.07, 6.45) is 0. The molecule has 1 unspecified atom stereocenters. The van der Waals surface area contributed by atoms with Crippen LogP contribution in [0.5, 0.6) is 0 Å². The molecule has 0 amide bonds. The number of carbonyl (C=O) groups is 1. The molecule has 0 heterocycles. The van der Waals surface area contributed by atoms with Gasteiger partial charge in [0.1, 0.15) is 0 Å². The van der Waals surface area contributed by atoms with Crippen molar-refractivity contribution in [2.24, 2.45) is 0 Å². The number of hydrogen-bond acceptors (Lipinski definition) is 3. The fourth-order valence-corrected chi connectivity index (χ4v) is 1.80. The van der Waals surface area contributed by atoms with Gasteiger partial charge in [0.25, 0.3) is 0 Å². The van der Waals surface area contributed by atoms with Gasteiger partial charge in [0.15, 0.2) is 0 Å². The van der Waals surface area contributed by atoms with Gasteiger partial charge in [-0.1, -0.05) is 6.92 Å². The lowest BCUT2D eigenvalue weighted by Gasteiger charge is -2.05. The molecule has 0 bridgehead atoms. The Labute approximate surface area is 97.1 Å². The van der Waals surface area contributed by atoms with Crippen LogP contribution in [0.15, 0.2) is 24.3 Å². The molecule has 88 valence electrons. The Kier molecular flexibility index (Phi) is 4.98. The lowest BCUT2D eigenvalue weighted by molar-refractivity contribution is 0.0697. The van der Waals surface area contributed by atoms with Gasteiger partial charge in [-0.25, -0.2) is 4.79 Å². The molecule has 16 heavy (non-hydrogen) atoms. The van der Waals surface area contributed by atoms with Crippen LogP contribution in [0, 0.1) is 0 Å². The minimum absolute atomic E-state index is 0.266. The maximum Gasteiger partial charge on any atom is 0.335 e. The SMILES string of the molecule is CCS(=O)CCNc1ccc(C(=O)O)cc1. The van der Waals surface area contributed by atoms with Crippen molar-refractivity contribution in [3.63, 3.8) is 0 Å². The van der Waals surface area contributed by atoms with Gasteiger partial charge in [0.05, 0.1) is 5.56 Å². The number of nitrogens with one attached hydrogen (secondary N) is 1. The Hall–Kier alpha value is -1.36. The molecular weight excluding hydrogens is 226 g/mol. The average molecular weight is 241 g/mol. The summed E-state index contributed by atoms with van der Waals surface area (Å²) in [5.41, 5.74) is 1.11. The van der Waals surface area contributed by atoms with Crippen LogP contribution in [0.4, 0.5) is 5.69 Å². The fraction of sp³-hybridized carbons (Fsp3) is 0.364. The van der Waals surface area contributed by atoms with Gasteiger partial charge in [-0.15, -0.1) is 0 Å². The third-order valence-electron chi connectivity index (χ3n) is 2.11. The van der Waals surface area contributed by atoms with Crippen LogP contribution < -0.4 is 5.32 Å². The summed E-state index contributed by atoms with van der Waals surface area (Å²) in [5.74, 6) is 0.343. The van der Waals surface area contributed by atoms with Gasteiger partial charge in [0, 0.05) is 34.5 Å². The van der Waals surface area contributed by atoms with Gasteiger partial charge in [-0.3, -0.25) is 4.21 Å². The molecule has 0 fully saturated rings. The van der Waals surface area contributed by atoms with E-state index in [-0.39, 0.29) is 5.56 Å². The molecule has 0 radical (unpaired) electrons. The van der Waals surface area contributed by atoms with Gasteiger partial charge in [-0.05, 0) is 24.3 Å². The number of carboxylic acid groups (broad SMARTS) is 1. The molecule has 4 nitrogen and oxygen atoms in total.